The van der Waals surface area contributed by atoms with Crippen LogP contribution in [0.1, 0.15) is 36.0 Å². The van der Waals surface area contributed by atoms with E-state index in [4.69, 9.17) is 5.11 Å². The number of rotatable bonds is 4. The van der Waals surface area contributed by atoms with E-state index in [0.717, 1.165) is 25.7 Å². The number of carboxylic acid groups (broad SMARTS) is 1. The van der Waals surface area contributed by atoms with Crippen molar-refractivity contribution in [2.45, 2.75) is 37.0 Å². The lowest BCUT2D eigenvalue weighted by Gasteiger charge is -2.28. The third kappa shape index (κ3) is 3.37. The minimum atomic E-state index is -1.27. The maximum absolute atomic E-state index is 13.9. The molecular weight excluding hydrogens is 267 g/mol. The van der Waals surface area contributed by atoms with E-state index < -0.39 is 11.8 Å². The van der Waals surface area contributed by atoms with Crippen LogP contribution in [0.15, 0.2) is 12.3 Å². The van der Waals surface area contributed by atoms with Crippen molar-refractivity contribution in [1.29, 1.82) is 0 Å². The summed E-state index contributed by atoms with van der Waals surface area (Å²) in [6, 6.07) is 1.35. The Kier molecular flexibility index (Phi) is 4.63. The van der Waals surface area contributed by atoms with Crippen molar-refractivity contribution in [3.63, 3.8) is 0 Å². The van der Waals surface area contributed by atoms with Gasteiger partial charge in [-0.05, 0) is 38.0 Å². The number of halogens is 1. The van der Waals surface area contributed by atoms with Crippen LogP contribution in [-0.2, 0) is 0 Å². The molecule has 0 aliphatic heterocycles. The highest BCUT2D eigenvalue weighted by atomic mass is 32.2. The quantitative estimate of drug-likeness (QED) is 0.890. The third-order valence-corrected chi connectivity index (χ3v) is 4.61. The molecule has 1 fully saturated rings. The molecule has 1 aliphatic carbocycles. The monoisotopic (exact) mass is 284 g/mol. The molecule has 2 rings (SSSR count). The van der Waals surface area contributed by atoms with Gasteiger partial charge in [0.15, 0.2) is 11.6 Å². The topological polar surface area (TPSA) is 62.2 Å². The first-order valence-electron chi connectivity index (χ1n) is 6.29. The van der Waals surface area contributed by atoms with E-state index >= 15 is 0 Å². The fourth-order valence-corrected chi connectivity index (χ4v) is 3.09. The molecule has 1 aromatic heterocycles. The Morgan fingerprint density at radius 3 is 2.74 bits per heavy atom. The number of aromatic nitrogens is 1. The maximum Gasteiger partial charge on any atom is 0.338 e. The lowest BCUT2D eigenvalue weighted by Crippen LogP contribution is -2.28. The summed E-state index contributed by atoms with van der Waals surface area (Å²) in [7, 11) is 0. The van der Waals surface area contributed by atoms with Gasteiger partial charge < -0.3 is 10.4 Å². The fourth-order valence-electron chi connectivity index (χ4n) is 2.35. The summed E-state index contributed by atoms with van der Waals surface area (Å²) in [5.74, 6) is -2.00. The van der Waals surface area contributed by atoms with Crippen LogP contribution in [0.2, 0.25) is 0 Å². The minimum Gasteiger partial charge on any atom is -0.478 e. The molecule has 0 atom stereocenters. The molecule has 6 heteroatoms. The molecule has 1 aromatic rings. The van der Waals surface area contributed by atoms with Crippen LogP contribution in [0.5, 0.6) is 0 Å². The van der Waals surface area contributed by atoms with Crippen LogP contribution in [0.4, 0.5) is 10.2 Å². The molecule has 4 nitrogen and oxygen atoms in total. The zero-order chi connectivity index (χ0) is 13.8. The standard InChI is InChI=1S/C13H17FN2O2S/c1-19-9-4-2-8(3-5-9)16-12-11(14)10(13(17)18)6-7-15-12/h6-9H,2-5H2,1H3,(H,15,16)(H,17,18). The van der Waals surface area contributed by atoms with E-state index in [1.54, 1.807) is 0 Å². The lowest BCUT2D eigenvalue weighted by atomic mass is 9.95. The molecule has 0 amide bonds. The molecule has 0 radical (unpaired) electrons. The van der Waals surface area contributed by atoms with Crippen molar-refractivity contribution in [1.82, 2.24) is 4.98 Å². The molecule has 1 heterocycles. The largest absolute Gasteiger partial charge is 0.478 e. The van der Waals surface area contributed by atoms with E-state index in [-0.39, 0.29) is 17.4 Å². The van der Waals surface area contributed by atoms with Crippen molar-refractivity contribution in [2.75, 3.05) is 11.6 Å². The summed E-state index contributed by atoms with van der Waals surface area (Å²) < 4.78 is 13.9. The van der Waals surface area contributed by atoms with Gasteiger partial charge in [-0.1, -0.05) is 0 Å². The zero-order valence-corrected chi connectivity index (χ0v) is 11.5. The van der Waals surface area contributed by atoms with Crippen molar-refractivity contribution in [3.05, 3.63) is 23.6 Å². The molecule has 0 spiro atoms. The Bertz CT molecular complexity index is 462. The second-order valence-electron chi connectivity index (χ2n) is 4.68. The highest BCUT2D eigenvalue weighted by Crippen LogP contribution is 2.29. The number of nitrogens with one attached hydrogen (secondary N) is 1. The number of anilines is 1. The van der Waals surface area contributed by atoms with Gasteiger partial charge in [-0.3, -0.25) is 0 Å². The van der Waals surface area contributed by atoms with Crippen molar-refractivity contribution >= 4 is 23.5 Å². The number of thioether (sulfide) groups is 1. The van der Waals surface area contributed by atoms with Gasteiger partial charge in [-0.25, -0.2) is 14.2 Å². The maximum atomic E-state index is 13.9. The highest BCUT2D eigenvalue weighted by Gasteiger charge is 2.22. The number of hydrogen-bond acceptors (Lipinski definition) is 4. The van der Waals surface area contributed by atoms with E-state index in [0.29, 0.717) is 5.25 Å². The van der Waals surface area contributed by atoms with Crippen molar-refractivity contribution in [3.8, 4) is 0 Å². The lowest BCUT2D eigenvalue weighted by molar-refractivity contribution is 0.0692. The van der Waals surface area contributed by atoms with Crippen molar-refractivity contribution < 1.29 is 14.3 Å². The second-order valence-corrected chi connectivity index (χ2v) is 5.82. The average molecular weight is 284 g/mol. The van der Waals surface area contributed by atoms with E-state index in [1.165, 1.54) is 12.3 Å². The Balaban J connectivity index is 2.04. The van der Waals surface area contributed by atoms with E-state index in [1.807, 2.05) is 11.8 Å². The van der Waals surface area contributed by atoms with Crippen LogP contribution >= 0.6 is 11.8 Å². The van der Waals surface area contributed by atoms with Gasteiger partial charge in [-0.2, -0.15) is 11.8 Å². The number of carbonyl (C=O) groups is 1. The smallest absolute Gasteiger partial charge is 0.338 e. The molecule has 2 N–H and O–H groups in total. The summed E-state index contributed by atoms with van der Waals surface area (Å²) >= 11 is 1.87. The Hall–Kier alpha value is -1.30. The Labute approximate surface area is 115 Å². The molecule has 19 heavy (non-hydrogen) atoms. The number of aromatic carboxylic acids is 1. The molecule has 0 aromatic carbocycles. The van der Waals surface area contributed by atoms with Crippen LogP contribution in [0.3, 0.4) is 0 Å². The van der Waals surface area contributed by atoms with Gasteiger partial charge in [0.2, 0.25) is 0 Å². The molecular formula is C13H17FN2O2S. The average Bonchev–Trinajstić information content (AvgIpc) is 2.41. The fraction of sp³-hybridized carbons (Fsp3) is 0.538. The number of hydrogen-bond donors (Lipinski definition) is 2. The number of nitrogens with zero attached hydrogens (tertiary/aromatic N) is 1. The summed E-state index contributed by atoms with van der Waals surface area (Å²) in [5, 5.41) is 12.6. The van der Waals surface area contributed by atoms with E-state index in [2.05, 4.69) is 16.6 Å². The first-order chi connectivity index (χ1) is 9.11. The highest BCUT2D eigenvalue weighted by molar-refractivity contribution is 7.99. The van der Waals surface area contributed by atoms with Gasteiger partial charge in [0.05, 0.1) is 0 Å². The molecule has 0 saturated heterocycles. The van der Waals surface area contributed by atoms with Gasteiger partial charge >= 0.3 is 5.97 Å². The summed E-state index contributed by atoms with van der Waals surface area (Å²) in [6.07, 6.45) is 7.55. The van der Waals surface area contributed by atoms with Crippen LogP contribution < -0.4 is 5.32 Å². The Morgan fingerprint density at radius 2 is 2.16 bits per heavy atom. The first-order valence-corrected chi connectivity index (χ1v) is 7.57. The van der Waals surface area contributed by atoms with Gasteiger partial charge in [0.1, 0.15) is 5.56 Å². The SMILES string of the molecule is CSC1CCC(Nc2nccc(C(=O)O)c2F)CC1. The molecule has 1 saturated carbocycles. The summed E-state index contributed by atoms with van der Waals surface area (Å²) in [6.45, 7) is 0. The van der Waals surface area contributed by atoms with Crippen LogP contribution in [0.25, 0.3) is 0 Å². The zero-order valence-electron chi connectivity index (χ0n) is 10.7. The number of pyridine rings is 1. The first kappa shape index (κ1) is 14.1. The molecule has 0 unspecified atom stereocenters. The predicted octanol–water partition coefficient (Wildman–Crippen LogP) is 3.01. The predicted molar refractivity (Wildman–Crippen MR) is 74.3 cm³/mol. The van der Waals surface area contributed by atoms with Gasteiger partial charge in [0, 0.05) is 17.5 Å². The van der Waals surface area contributed by atoms with Crippen LogP contribution in [0, 0.1) is 5.82 Å². The third-order valence-electron chi connectivity index (χ3n) is 3.47. The Morgan fingerprint density at radius 1 is 1.47 bits per heavy atom. The van der Waals surface area contributed by atoms with Crippen molar-refractivity contribution in [2.24, 2.45) is 0 Å². The molecule has 1 aliphatic rings. The van der Waals surface area contributed by atoms with Gasteiger partial charge in [0.25, 0.3) is 0 Å². The van der Waals surface area contributed by atoms with Gasteiger partial charge in [-0.15, -0.1) is 0 Å². The molecule has 0 bridgehead atoms. The van der Waals surface area contributed by atoms with E-state index in [9.17, 15) is 9.18 Å². The second kappa shape index (κ2) is 6.23. The minimum absolute atomic E-state index is 0.0486. The van der Waals surface area contributed by atoms with Crippen LogP contribution in [-0.4, -0.2) is 33.6 Å². The molecule has 104 valence electrons. The summed E-state index contributed by atoms with van der Waals surface area (Å²) in [4.78, 5) is 14.7. The number of carboxylic acids is 1. The summed E-state index contributed by atoms with van der Waals surface area (Å²) in [5.41, 5.74) is -0.338. The normalized spacial score (nSPS) is 23.1.